The Bertz CT molecular complexity index is 672. The molecular formula is C17H21FN4OS. The molecule has 0 spiro atoms. The van der Waals surface area contributed by atoms with Crippen molar-refractivity contribution in [3.63, 3.8) is 0 Å². The maximum absolute atomic E-state index is 13.3. The number of nitrogens with zero attached hydrogens (tertiary/aromatic N) is 3. The van der Waals surface area contributed by atoms with Gasteiger partial charge in [0.1, 0.15) is 5.82 Å². The minimum Gasteiger partial charge on any atom is -0.347 e. The van der Waals surface area contributed by atoms with E-state index in [1.165, 1.54) is 37.1 Å². The monoisotopic (exact) mass is 348 g/mol. The molecule has 0 aliphatic carbocycles. The van der Waals surface area contributed by atoms with Crippen LogP contribution in [0.3, 0.4) is 0 Å². The predicted molar refractivity (Wildman–Crippen MR) is 92.9 cm³/mol. The van der Waals surface area contributed by atoms with Gasteiger partial charge in [-0.25, -0.2) is 4.39 Å². The molecular weight excluding hydrogens is 327 g/mol. The number of aromatic nitrogens is 1. The molecule has 5 rings (SSSR count). The summed E-state index contributed by atoms with van der Waals surface area (Å²) in [6.07, 6.45) is 7.03. The van der Waals surface area contributed by atoms with Gasteiger partial charge in [0.25, 0.3) is 5.91 Å². The van der Waals surface area contributed by atoms with E-state index in [2.05, 4.69) is 22.1 Å². The molecule has 2 atom stereocenters. The summed E-state index contributed by atoms with van der Waals surface area (Å²) in [5, 5.41) is 3.24. The van der Waals surface area contributed by atoms with Crippen LogP contribution in [0.15, 0.2) is 29.4 Å². The van der Waals surface area contributed by atoms with E-state index in [0.717, 1.165) is 13.1 Å². The second-order valence-electron chi connectivity index (χ2n) is 6.70. The first-order valence-electron chi connectivity index (χ1n) is 8.43. The third kappa shape index (κ3) is 2.91. The molecule has 5 heterocycles. The van der Waals surface area contributed by atoms with Gasteiger partial charge in [-0.05, 0) is 56.8 Å². The summed E-state index contributed by atoms with van der Waals surface area (Å²) < 4.78 is 15.2. The molecule has 3 saturated heterocycles. The number of anilines is 1. The van der Waals surface area contributed by atoms with Crippen molar-refractivity contribution in [2.45, 2.75) is 31.8 Å². The molecule has 1 amide bonds. The third-order valence-electron chi connectivity index (χ3n) is 5.33. The van der Waals surface area contributed by atoms with Gasteiger partial charge in [-0.3, -0.25) is 14.7 Å². The maximum atomic E-state index is 13.3. The summed E-state index contributed by atoms with van der Waals surface area (Å²) in [6.45, 7) is 5.08. The highest BCUT2D eigenvalue weighted by molar-refractivity contribution is 8.05. The minimum atomic E-state index is -0.368. The normalized spacial score (nSPS) is 31.9. The molecule has 1 N–H and O–H groups in total. The number of fused-ring (bicyclic) bond motifs is 3. The van der Waals surface area contributed by atoms with Crippen molar-refractivity contribution in [3.8, 4) is 0 Å². The standard InChI is InChI=1S/C17H21FN4OS/c1-11-16(12-2-5-21(11)6-3-12)20-17(23)15-4-7-22(24-15)14-8-13(18)9-19-10-14/h4,8-12,16H,2-3,5-7H2,1H3,(H,20,23)/t11-,16-/m0/s1. The smallest absolute Gasteiger partial charge is 0.259 e. The lowest BCUT2D eigenvalue weighted by Gasteiger charge is -2.49. The Morgan fingerprint density at radius 1 is 1.38 bits per heavy atom. The van der Waals surface area contributed by atoms with E-state index >= 15 is 0 Å². The Morgan fingerprint density at radius 3 is 2.88 bits per heavy atom. The fourth-order valence-corrected chi connectivity index (χ4v) is 4.84. The summed E-state index contributed by atoms with van der Waals surface area (Å²) in [7, 11) is 0. The van der Waals surface area contributed by atoms with E-state index < -0.39 is 0 Å². The number of rotatable bonds is 3. The fraction of sp³-hybridized carbons (Fsp3) is 0.529. The van der Waals surface area contributed by atoms with Crippen molar-refractivity contribution >= 4 is 23.5 Å². The van der Waals surface area contributed by atoms with Gasteiger partial charge in [0.15, 0.2) is 0 Å². The number of nitrogens with one attached hydrogen (secondary N) is 1. The van der Waals surface area contributed by atoms with Gasteiger partial charge in [0.05, 0.1) is 23.0 Å². The van der Waals surface area contributed by atoms with Gasteiger partial charge < -0.3 is 9.62 Å². The van der Waals surface area contributed by atoms with E-state index in [9.17, 15) is 9.18 Å². The summed E-state index contributed by atoms with van der Waals surface area (Å²) in [6, 6.07) is 2.06. The van der Waals surface area contributed by atoms with E-state index in [0.29, 0.717) is 29.1 Å². The molecule has 7 heteroatoms. The topological polar surface area (TPSA) is 48.5 Å². The van der Waals surface area contributed by atoms with Crippen molar-refractivity contribution < 1.29 is 9.18 Å². The van der Waals surface area contributed by atoms with E-state index in [1.54, 1.807) is 6.20 Å². The molecule has 2 bridgehead atoms. The van der Waals surface area contributed by atoms with Crippen molar-refractivity contribution in [1.82, 2.24) is 15.2 Å². The number of halogens is 1. The lowest BCUT2D eigenvalue weighted by Crippen LogP contribution is -2.62. The number of pyridine rings is 1. The summed E-state index contributed by atoms with van der Waals surface area (Å²) >= 11 is 1.35. The van der Waals surface area contributed by atoms with Gasteiger partial charge >= 0.3 is 0 Å². The molecule has 0 aromatic carbocycles. The van der Waals surface area contributed by atoms with Gasteiger partial charge in [-0.2, -0.15) is 0 Å². The van der Waals surface area contributed by atoms with Crippen LogP contribution in [0, 0.1) is 11.7 Å². The molecule has 1 aromatic rings. The summed E-state index contributed by atoms with van der Waals surface area (Å²) in [4.78, 5) is 19.7. The molecule has 4 aliphatic rings. The first-order valence-corrected chi connectivity index (χ1v) is 9.20. The van der Waals surface area contributed by atoms with Crippen molar-refractivity contribution in [3.05, 3.63) is 35.3 Å². The summed E-state index contributed by atoms with van der Waals surface area (Å²) in [5.41, 5.74) is 0.676. The molecule has 4 aliphatic heterocycles. The van der Waals surface area contributed by atoms with Gasteiger partial charge in [-0.1, -0.05) is 0 Å². The van der Waals surface area contributed by atoms with Gasteiger partial charge in [-0.15, -0.1) is 0 Å². The van der Waals surface area contributed by atoms with Crippen molar-refractivity contribution in [2.24, 2.45) is 5.92 Å². The zero-order valence-electron chi connectivity index (χ0n) is 13.6. The van der Waals surface area contributed by atoms with Crippen molar-refractivity contribution in [2.75, 3.05) is 23.9 Å². The number of carbonyl (C=O) groups is 1. The second-order valence-corrected chi connectivity index (χ2v) is 7.76. The molecule has 24 heavy (non-hydrogen) atoms. The second kappa shape index (κ2) is 6.37. The van der Waals surface area contributed by atoms with Crippen LogP contribution in [0.4, 0.5) is 10.1 Å². The number of hydrogen-bond acceptors (Lipinski definition) is 5. The van der Waals surface area contributed by atoms with Crippen LogP contribution in [0.2, 0.25) is 0 Å². The first kappa shape index (κ1) is 15.9. The van der Waals surface area contributed by atoms with Crippen LogP contribution in [-0.2, 0) is 4.79 Å². The molecule has 5 nitrogen and oxygen atoms in total. The van der Waals surface area contributed by atoms with E-state index in [4.69, 9.17) is 0 Å². The molecule has 1 aromatic heterocycles. The van der Waals surface area contributed by atoms with Gasteiger partial charge in [0.2, 0.25) is 0 Å². The number of amides is 1. The zero-order valence-corrected chi connectivity index (χ0v) is 14.4. The summed E-state index contributed by atoms with van der Waals surface area (Å²) in [5.74, 6) is 0.203. The highest BCUT2D eigenvalue weighted by atomic mass is 32.2. The Balaban J connectivity index is 1.39. The van der Waals surface area contributed by atoms with E-state index in [1.807, 2.05) is 10.4 Å². The van der Waals surface area contributed by atoms with E-state index in [-0.39, 0.29) is 17.8 Å². The Morgan fingerprint density at radius 2 is 2.17 bits per heavy atom. The first-order chi connectivity index (χ1) is 11.6. The number of carbonyl (C=O) groups excluding carboxylic acids is 1. The Hall–Kier alpha value is -1.60. The van der Waals surface area contributed by atoms with Crippen LogP contribution in [-0.4, -0.2) is 47.5 Å². The molecule has 3 fully saturated rings. The highest BCUT2D eigenvalue weighted by Gasteiger charge is 2.41. The van der Waals surface area contributed by atoms with Crippen LogP contribution in [0.5, 0.6) is 0 Å². The maximum Gasteiger partial charge on any atom is 0.259 e. The third-order valence-corrected chi connectivity index (χ3v) is 6.46. The SMILES string of the molecule is C[C@H]1[C@H](NC(=O)C2=CCN(c3cncc(F)c3)S2)C2CCN1CC2. The molecule has 0 unspecified atom stereocenters. The minimum absolute atomic E-state index is 0.0162. The van der Waals surface area contributed by atoms with Crippen molar-refractivity contribution in [1.29, 1.82) is 0 Å². The average Bonchev–Trinajstić information content (AvgIpc) is 3.09. The lowest BCUT2D eigenvalue weighted by atomic mass is 9.79. The molecule has 0 saturated carbocycles. The predicted octanol–water partition coefficient (Wildman–Crippen LogP) is 2.17. The average molecular weight is 348 g/mol. The van der Waals surface area contributed by atoms with Crippen LogP contribution < -0.4 is 9.62 Å². The zero-order chi connectivity index (χ0) is 16.7. The molecule has 0 radical (unpaired) electrons. The van der Waals surface area contributed by atoms with Crippen LogP contribution in [0.1, 0.15) is 19.8 Å². The van der Waals surface area contributed by atoms with Crippen LogP contribution in [0.25, 0.3) is 0 Å². The fourth-order valence-electron chi connectivity index (χ4n) is 3.96. The van der Waals surface area contributed by atoms with Gasteiger partial charge in [0, 0.05) is 24.7 Å². The lowest BCUT2D eigenvalue weighted by molar-refractivity contribution is -0.119. The largest absolute Gasteiger partial charge is 0.347 e. The number of piperidine rings is 3. The highest BCUT2D eigenvalue weighted by Crippen LogP contribution is 2.35. The quantitative estimate of drug-likeness (QED) is 0.849. The Kier molecular flexibility index (Phi) is 4.22. The van der Waals surface area contributed by atoms with Crippen LogP contribution >= 0.6 is 11.9 Å². The molecule has 128 valence electrons. The Labute approximate surface area is 145 Å². The number of hydrogen-bond donors (Lipinski definition) is 1.